The topological polar surface area (TPSA) is 48.9 Å². The summed E-state index contributed by atoms with van der Waals surface area (Å²) in [7, 11) is 0. The van der Waals surface area contributed by atoms with E-state index in [1.165, 1.54) is 5.56 Å². The number of H-pyrrole nitrogens is 1. The first-order chi connectivity index (χ1) is 8.79. The van der Waals surface area contributed by atoms with Crippen LogP contribution in [0, 0.1) is 0 Å². The molecule has 0 spiro atoms. The van der Waals surface area contributed by atoms with Crippen LogP contribution in [-0.2, 0) is 6.42 Å². The fourth-order valence-corrected chi connectivity index (χ4v) is 2.51. The van der Waals surface area contributed by atoms with E-state index in [-0.39, 0.29) is 6.61 Å². The van der Waals surface area contributed by atoms with Gasteiger partial charge in [0.2, 0.25) is 0 Å². The number of hydrogen-bond acceptors (Lipinski definition) is 2. The van der Waals surface area contributed by atoms with Gasteiger partial charge in [-0.2, -0.15) is 0 Å². The average molecular weight is 261 g/mol. The molecular weight excluding hydrogens is 248 g/mol. The molecule has 0 saturated heterocycles. The zero-order chi connectivity index (χ0) is 12.5. The van der Waals surface area contributed by atoms with Crippen LogP contribution in [0.25, 0.3) is 21.9 Å². The normalized spacial score (nSPS) is 11.4. The van der Waals surface area contributed by atoms with E-state index in [0.717, 1.165) is 34.8 Å². The predicted octanol–water partition coefficient (Wildman–Crippen LogP) is 3.29. The van der Waals surface area contributed by atoms with Crippen LogP contribution in [-0.4, -0.2) is 21.7 Å². The molecule has 2 heterocycles. The van der Waals surface area contributed by atoms with E-state index in [1.54, 1.807) is 12.3 Å². The van der Waals surface area contributed by atoms with Gasteiger partial charge in [0.15, 0.2) is 0 Å². The van der Waals surface area contributed by atoms with Crippen molar-refractivity contribution < 1.29 is 5.11 Å². The number of hydrogen-bond donors (Lipinski definition) is 2. The summed E-state index contributed by atoms with van der Waals surface area (Å²) in [6.07, 6.45) is 3.35. The van der Waals surface area contributed by atoms with Crippen molar-refractivity contribution in [2.75, 3.05) is 6.61 Å². The van der Waals surface area contributed by atoms with Crippen LogP contribution in [0.1, 0.15) is 12.0 Å². The number of halogens is 1. The van der Waals surface area contributed by atoms with Gasteiger partial charge in [0, 0.05) is 29.1 Å². The summed E-state index contributed by atoms with van der Waals surface area (Å²) in [5.74, 6) is 0. The van der Waals surface area contributed by atoms with Gasteiger partial charge in [0.1, 0.15) is 5.65 Å². The van der Waals surface area contributed by atoms with Gasteiger partial charge in [-0.05, 0) is 36.6 Å². The zero-order valence-corrected chi connectivity index (χ0v) is 10.5. The molecule has 0 aliphatic carbocycles. The Labute approximate surface area is 109 Å². The lowest BCUT2D eigenvalue weighted by Gasteiger charge is -2.00. The van der Waals surface area contributed by atoms with E-state index in [9.17, 15) is 0 Å². The number of aromatic amines is 1. The van der Waals surface area contributed by atoms with Gasteiger partial charge < -0.3 is 10.1 Å². The summed E-state index contributed by atoms with van der Waals surface area (Å²) >= 11 is 6.23. The first kappa shape index (κ1) is 11.5. The van der Waals surface area contributed by atoms with Crippen molar-refractivity contribution in [1.29, 1.82) is 0 Å². The van der Waals surface area contributed by atoms with Gasteiger partial charge in [0.05, 0.1) is 5.02 Å². The number of fused-ring (bicyclic) bond motifs is 3. The lowest BCUT2D eigenvalue weighted by atomic mass is 10.1. The van der Waals surface area contributed by atoms with Gasteiger partial charge in [-0.25, -0.2) is 4.98 Å². The van der Waals surface area contributed by atoms with E-state index in [4.69, 9.17) is 16.7 Å². The second-order valence-corrected chi connectivity index (χ2v) is 4.76. The molecule has 0 aliphatic heterocycles. The highest BCUT2D eigenvalue weighted by Crippen LogP contribution is 2.30. The molecule has 0 amide bonds. The Morgan fingerprint density at radius 3 is 3.00 bits per heavy atom. The molecule has 4 heteroatoms. The molecule has 3 nitrogen and oxygen atoms in total. The second-order valence-electron chi connectivity index (χ2n) is 4.35. The molecular formula is C14H13ClN2O. The highest BCUT2D eigenvalue weighted by Gasteiger charge is 2.08. The highest BCUT2D eigenvalue weighted by atomic mass is 35.5. The van der Waals surface area contributed by atoms with Crippen molar-refractivity contribution in [2.24, 2.45) is 0 Å². The van der Waals surface area contributed by atoms with E-state index >= 15 is 0 Å². The number of benzene rings is 1. The van der Waals surface area contributed by atoms with E-state index in [0.29, 0.717) is 5.02 Å². The SMILES string of the molecule is OCCCc1ccc2[nH]c3nccc(Cl)c3c2c1. The minimum absolute atomic E-state index is 0.217. The Balaban J connectivity index is 2.21. The number of rotatable bonds is 3. The number of aliphatic hydroxyl groups excluding tert-OH is 1. The smallest absolute Gasteiger partial charge is 0.139 e. The third-order valence-corrected chi connectivity index (χ3v) is 3.45. The molecule has 0 fully saturated rings. The van der Waals surface area contributed by atoms with Gasteiger partial charge in [-0.15, -0.1) is 0 Å². The van der Waals surface area contributed by atoms with Crippen LogP contribution in [0.3, 0.4) is 0 Å². The van der Waals surface area contributed by atoms with E-state index in [2.05, 4.69) is 22.1 Å². The molecule has 2 aromatic heterocycles. The maximum absolute atomic E-state index is 8.88. The van der Waals surface area contributed by atoms with Crippen molar-refractivity contribution >= 4 is 33.5 Å². The second kappa shape index (κ2) is 4.59. The molecule has 3 rings (SSSR count). The summed E-state index contributed by atoms with van der Waals surface area (Å²) in [6.45, 7) is 0.217. The van der Waals surface area contributed by atoms with Crippen molar-refractivity contribution in [1.82, 2.24) is 9.97 Å². The van der Waals surface area contributed by atoms with Crippen LogP contribution in [0.2, 0.25) is 5.02 Å². The number of aryl methyl sites for hydroxylation is 1. The fourth-order valence-electron chi connectivity index (χ4n) is 2.26. The molecule has 92 valence electrons. The first-order valence-electron chi connectivity index (χ1n) is 5.95. The van der Waals surface area contributed by atoms with Crippen molar-refractivity contribution in [3.63, 3.8) is 0 Å². The number of aliphatic hydroxyl groups is 1. The van der Waals surface area contributed by atoms with Crippen LogP contribution in [0.4, 0.5) is 0 Å². The lowest BCUT2D eigenvalue weighted by Crippen LogP contribution is -1.88. The van der Waals surface area contributed by atoms with Gasteiger partial charge >= 0.3 is 0 Å². The molecule has 2 N–H and O–H groups in total. The summed E-state index contributed by atoms with van der Waals surface area (Å²) in [5.41, 5.74) is 3.06. The van der Waals surface area contributed by atoms with Gasteiger partial charge in [-0.1, -0.05) is 17.7 Å². The maximum Gasteiger partial charge on any atom is 0.139 e. The number of pyridine rings is 1. The standard InChI is InChI=1S/C14H13ClN2O/c15-11-5-6-16-14-13(11)10-8-9(2-1-7-18)3-4-12(10)17-14/h3-6,8,18H,1-2,7H2,(H,16,17). The maximum atomic E-state index is 8.88. The molecule has 0 unspecified atom stereocenters. The molecule has 18 heavy (non-hydrogen) atoms. The third kappa shape index (κ3) is 1.85. The van der Waals surface area contributed by atoms with Crippen LogP contribution in [0.5, 0.6) is 0 Å². The quantitative estimate of drug-likeness (QED) is 0.759. The van der Waals surface area contributed by atoms with Crippen LogP contribution >= 0.6 is 11.6 Å². The third-order valence-electron chi connectivity index (χ3n) is 3.13. The summed E-state index contributed by atoms with van der Waals surface area (Å²) in [6, 6.07) is 8.04. The molecule has 0 saturated carbocycles. The monoisotopic (exact) mass is 260 g/mol. The molecule has 1 aromatic carbocycles. The summed E-state index contributed by atoms with van der Waals surface area (Å²) in [4.78, 5) is 7.55. The van der Waals surface area contributed by atoms with Crippen LogP contribution in [0.15, 0.2) is 30.5 Å². The first-order valence-corrected chi connectivity index (χ1v) is 6.33. The Hall–Kier alpha value is -1.58. The van der Waals surface area contributed by atoms with Crippen molar-refractivity contribution in [3.8, 4) is 0 Å². The highest BCUT2D eigenvalue weighted by molar-refractivity contribution is 6.37. The minimum atomic E-state index is 0.217. The van der Waals surface area contributed by atoms with Crippen molar-refractivity contribution in [3.05, 3.63) is 41.0 Å². The van der Waals surface area contributed by atoms with Crippen molar-refractivity contribution in [2.45, 2.75) is 12.8 Å². The largest absolute Gasteiger partial charge is 0.396 e. The molecule has 0 aliphatic rings. The Bertz CT molecular complexity index is 705. The number of aromatic nitrogens is 2. The Kier molecular flexibility index (Phi) is 2.94. The number of nitrogens with one attached hydrogen (secondary N) is 1. The van der Waals surface area contributed by atoms with E-state index < -0.39 is 0 Å². The van der Waals surface area contributed by atoms with Crippen LogP contribution < -0.4 is 0 Å². The minimum Gasteiger partial charge on any atom is -0.396 e. The number of nitrogens with zero attached hydrogens (tertiary/aromatic N) is 1. The summed E-state index contributed by atoms with van der Waals surface area (Å²) in [5, 5.41) is 11.7. The molecule has 0 bridgehead atoms. The molecule has 0 atom stereocenters. The van der Waals surface area contributed by atoms with Gasteiger partial charge in [0.25, 0.3) is 0 Å². The van der Waals surface area contributed by atoms with E-state index in [1.807, 2.05) is 6.07 Å². The zero-order valence-electron chi connectivity index (χ0n) is 9.78. The summed E-state index contributed by atoms with van der Waals surface area (Å²) < 4.78 is 0. The predicted molar refractivity (Wildman–Crippen MR) is 74.0 cm³/mol. The lowest BCUT2D eigenvalue weighted by molar-refractivity contribution is 0.288. The average Bonchev–Trinajstić information content (AvgIpc) is 2.75. The molecule has 0 radical (unpaired) electrons. The molecule has 3 aromatic rings. The Morgan fingerprint density at radius 1 is 1.28 bits per heavy atom. The van der Waals surface area contributed by atoms with Gasteiger partial charge in [-0.3, -0.25) is 0 Å². The fraction of sp³-hybridized carbons (Fsp3) is 0.214. The Morgan fingerprint density at radius 2 is 2.17 bits per heavy atom.